The van der Waals surface area contributed by atoms with Gasteiger partial charge in [0.05, 0.1) is 5.52 Å². The van der Waals surface area contributed by atoms with Gasteiger partial charge in [-0.3, -0.25) is 0 Å². The Kier molecular flexibility index (Phi) is 6.32. The maximum atomic E-state index is 10.2. The molecule has 0 radical (unpaired) electrons. The molecule has 0 spiro atoms. The highest BCUT2D eigenvalue weighted by molar-refractivity contribution is 6.09. The van der Waals surface area contributed by atoms with Crippen LogP contribution in [-0.2, 0) is 6.54 Å². The van der Waals surface area contributed by atoms with E-state index in [1.807, 2.05) is 42.5 Å². The summed E-state index contributed by atoms with van der Waals surface area (Å²) in [5.74, 6) is 0.384. The standard InChI is InChI=1S/C18H21NO.C6H6/c1-2-3-4-7-13-19-16-11-6-5-9-14(16)15-10-8-12-17(20)18(15)19;1-2-4-6-5-3-1/h5-6,8-12,20H,2-4,7,13H2,1H3;1-6H. The number of aromatic nitrogens is 1. The van der Waals surface area contributed by atoms with Crippen LogP contribution in [0.4, 0.5) is 0 Å². The van der Waals surface area contributed by atoms with Crippen LogP contribution in [0.15, 0.2) is 78.9 Å². The van der Waals surface area contributed by atoms with Crippen molar-refractivity contribution in [1.29, 1.82) is 0 Å². The molecule has 0 atom stereocenters. The lowest BCUT2D eigenvalue weighted by atomic mass is 10.1. The number of nitrogens with zero attached hydrogens (tertiary/aromatic N) is 1. The van der Waals surface area contributed by atoms with E-state index in [2.05, 4.69) is 41.8 Å². The molecule has 2 heteroatoms. The van der Waals surface area contributed by atoms with Crippen molar-refractivity contribution in [3.8, 4) is 5.75 Å². The van der Waals surface area contributed by atoms with Crippen LogP contribution in [0.1, 0.15) is 32.6 Å². The fraction of sp³-hybridized carbons (Fsp3) is 0.250. The highest BCUT2D eigenvalue weighted by atomic mass is 16.3. The first-order chi connectivity index (χ1) is 12.8. The van der Waals surface area contributed by atoms with Crippen molar-refractivity contribution in [3.63, 3.8) is 0 Å². The monoisotopic (exact) mass is 345 g/mol. The third-order valence-electron chi connectivity index (χ3n) is 4.67. The van der Waals surface area contributed by atoms with Crippen LogP contribution in [0.25, 0.3) is 21.8 Å². The van der Waals surface area contributed by atoms with E-state index in [1.165, 1.54) is 30.2 Å². The zero-order valence-electron chi connectivity index (χ0n) is 15.4. The zero-order valence-corrected chi connectivity index (χ0v) is 15.4. The molecule has 1 heterocycles. The number of phenolic OH excluding ortho intramolecular Hbond substituents is 1. The first kappa shape index (κ1) is 18.1. The fourth-order valence-corrected chi connectivity index (χ4v) is 3.40. The lowest BCUT2D eigenvalue weighted by Gasteiger charge is -2.08. The van der Waals surface area contributed by atoms with Crippen LogP contribution in [0.2, 0.25) is 0 Å². The van der Waals surface area contributed by atoms with Gasteiger partial charge in [-0.2, -0.15) is 0 Å². The number of fused-ring (bicyclic) bond motifs is 3. The van der Waals surface area contributed by atoms with Gasteiger partial charge in [-0.05, 0) is 18.6 Å². The number of phenols is 1. The van der Waals surface area contributed by atoms with E-state index in [1.54, 1.807) is 6.07 Å². The van der Waals surface area contributed by atoms with Crippen molar-refractivity contribution < 1.29 is 5.11 Å². The molecule has 0 saturated heterocycles. The molecule has 4 rings (SSSR count). The molecule has 1 aromatic heterocycles. The predicted octanol–water partition coefficient (Wildman–Crippen LogP) is 6.77. The van der Waals surface area contributed by atoms with E-state index in [9.17, 15) is 5.11 Å². The Morgan fingerprint density at radius 3 is 2.04 bits per heavy atom. The molecule has 3 aromatic carbocycles. The molecule has 0 unspecified atom stereocenters. The van der Waals surface area contributed by atoms with Gasteiger partial charge in [0.1, 0.15) is 5.75 Å². The zero-order chi connectivity index (χ0) is 18.2. The maximum absolute atomic E-state index is 10.2. The summed E-state index contributed by atoms with van der Waals surface area (Å²) in [5.41, 5.74) is 2.20. The summed E-state index contributed by atoms with van der Waals surface area (Å²) >= 11 is 0. The summed E-state index contributed by atoms with van der Waals surface area (Å²) < 4.78 is 2.27. The molecule has 134 valence electrons. The van der Waals surface area contributed by atoms with Gasteiger partial charge in [0.25, 0.3) is 0 Å². The van der Waals surface area contributed by atoms with E-state index in [4.69, 9.17) is 0 Å². The Morgan fingerprint density at radius 1 is 0.692 bits per heavy atom. The van der Waals surface area contributed by atoms with Crippen molar-refractivity contribution in [3.05, 3.63) is 78.9 Å². The Morgan fingerprint density at radius 2 is 1.35 bits per heavy atom. The molecule has 0 aliphatic rings. The number of aryl methyl sites for hydroxylation is 1. The van der Waals surface area contributed by atoms with Crippen molar-refractivity contribution in [2.45, 2.75) is 39.2 Å². The number of unbranched alkanes of at least 4 members (excludes halogenated alkanes) is 3. The molecule has 26 heavy (non-hydrogen) atoms. The summed E-state index contributed by atoms with van der Waals surface area (Å²) in [6.07, 6.45) is 4.94. The van der Waals surface area contributed by atoms with Gasteiger partial charge in [0.2, 0.25) is 0 Å². The van der Waals surface area contributed by atoms with Gasteiger partial charge in [0.15, 0.2) is 0 Å². The molecule has 1 N–H and O–H groups in total. The number of aromatic hydroxyl groups is 1. The predicted molar refractivity (Wildman–Crippen MR) is 112 cm³/mol. The number of hydrogen-bond donors (Lipinski definition) is 1. The van der Waals surface area contributed by atoms with Gasteiger partial charge in [0, 0.05) is 22.8 Å². The molecular formula is C24H27NO. The summed E-state index contributed by atoms with van der Waals surface area (Å²) in [6, 6.07) is 26.2. The second-order valence-corrected chi connectivity index (χ2v) is 6.56. The third-order valence-corrected chi connectivity index (χ3v) is 4.67. The fourth-order valence-electron chi connectivity index (χ4n) is 3.40. The van der Waals surface area contributed by atoms with E-state index in [0.717, 1.165) is 23.9 Å². The van der Waals surface area contributed by atoms with Gasteiger partial charge >= 0.3 is 0 Å². The Labute approximate surface area is 155 Å². The topological polar surface area (TPSA) is 25.2 Å². The average Bonchev–Trinajstić information content (AvgIpc) is 3.02. The lowest BCUT2D eigenvalue weighted by molar-refractivity contribution is 0.477. The molecule has 0 saturated carbocycles. The van der Waals surface area contributed by atoms with Crippen LogP contribution in [-0.4, -0.2) is 9.67 Å². The Bertz CT molecular complexity index is 914. The second-order valence-electron chi connectivity index (χ2n) is 6.56. The first-order valence-electron chi connectivity index (χ1n) is 9.52. The normalized spacial score (nSPS) is 10.7. The van der Waals surface area contributed by atoms with E-state index in [-0.39, 0.29) is 0 Å². The van der Waals surface area contributed by atoms with Crippen molar-refractivity contribution >= 4 is 21.8 Å². The van der Waals surface area contributed by atoms with Crippen LogP contribution < -0.4 is 0 Å². The SMILES string of the molecule is CCCCCCn1c2ccccc2c2cccc(O)c21.c1ccccc1. The quantitative estimate of drug-likeness (QED) is 0.397. The molecule has 2 nitrogen and oxygen atoms in total. The molecule has 0 bridgehead atoms. The van der Waals surface area contributed by atoms with Gasteiger partial charge < -0.3 is 9.67 Å². The van der Waals surface area contributed by atoms with Gasteiger partial charge in [-0.15, -0.1) is 0 Å². The number of hydrogen-bond acceptors (Lipinski definition) is 1. The van der Waals surface area contributed by atoms with Crippen molar-refractivity contribution in [2.24, 2.45) is 0 Å². The van der Waals surface area contributed by atoms with E-state index in [0.29, 0.717) is 5.75 Å². The molecule has 4 aromatic rings. The first-order valence-corrected chi connectivity index (χ1v) is 9.52. The number of benzene rings is 3. The highest BCUT2D eigenvalue weighted by Gasteiger charge is 2.12. The summed E-state index contributed by atoms with van der Waals surface area (Å²) in [7, 11) is 0. The minimum absolute atomic E-state index is 0.384. The molecule has 0 fully saturated rings. The molecule has 0 amide bonds. The lowest BCUT2D eigenvalue weighted by Crippen LogP contribution is -1.97. The van der Waals surface area contributed by atoms with Gasteiger partial charge in [-0.1, -0.05) is 92.9 Å². The smallest absolute Gasteiger partial charge is 0.139 e. The van der Waals surface area contributed by atoms with Crippen LogP contribution >= 0.6 is 0 Å². The summed E-state index contributed by atoms with van der Waals surface area (Å²) in [4.78, 5) is 0. The van der Waals surface area contributed by atoms with E-state index >= 15 is 0 Å². The molecule has 0 aliphatic carbocycles. The van der Waals surface area contributed by atoms with Crippen LogP contribution in [0, 0.1) is 0 Å². The van der Waals surface area contributed by atoms with E-state index < -0.39 is 0 Å². The van der Waals surface area contributed by atoms with Crippen molar-refractivity contribution in [1.82, 2.24) is 4.57 Å². The molecular weight excluding hydrogens is 318 g/mol. The third kappa shape index (κ3) is 4.08. The Hall–Kier alpha value is -2.74. The Balaban J connectivity index is 0.000000278. The second kappa shape index (κ2) is 9.10. The van der Waals surface area contributed by atoms with Crippen LogP contribution in [0.3, 0.4) is 0 Å². The average molecular weight is 345 g/mol. The minimum atomic E-state index is 0.384. The largest absolute Gasteiger partial charge is 0.506 e. The minimum Gasteiger partial charge on any atom is -0.506 e. The number of para-hydroxylation sites is 2. The maximum Gasteiger partial charge on any atom is 0.139 e. The van der Waals surface area contributed by atoms with Gasteiger partial charge in [-0.25, -0.2) is 0 Å². The highest BCUT2D eigenvalue weighted by Crippen LogP contribution is 2.34. The summed E-state index contributed by atoms with van der Waals surface area (Å²) in [6.45, 7) is 3.20. The van der Waals surface area contributed by atoms with Crippen LogP contribution in [0.5, 0.6) is 5.75 Å². The summed E-state index contributed by atoms with van der Waals surface area (Å²) in [5, 5.41) is 12.6. The molecule has 0 aliphatic heterocycles. The van der Waals surface area contributed by atoms with Crippen molar-refractivity contribution in [2.75, 3.05) is 0 Å². The number of rotatable bonds is 5.